The largest absolute Gasteiger partial charge is 0.341 e. The molecule has 19 heavy (non-hydrogen) atoms. The Morgan fingerprint density at radius 1 is 1.16 bits per heavy atom. The SMILES string of the molecule is CC(C)CCN(CCC(C)C)C(=O)C1(C)CCCN1. The molecular weight excluding hydrogens is 236 g/mol. The molecule has 3 nitrogen and oxygen atoms in total. The predicted octanol–water partition coefficient (Wildman–Crippen LogP) is 3.05. The Labute approximate surface area is 119 Å². The van der Waals surface area contributed by atoms with E-state index in [0.717, 1.165) is 45.3 Å². The molecule has 1 aliphatic rings. The van der Waals surface area contributed by atoms with Crippen LogP contribution in [0.25, 0.3) is 0 Å². The van der Waals surface area contributed by atoms with Gasteiger partial charge in [-0.2, -0.15) is 0 Å². The molecule has 1 unspecified atom stereocenters. The van der Waals surface area contributed by atoms with Gasteiger partial charge in [0, 0.05) is 13.1 Å². The lowest BCUT2D eigenvalue weighted by molar-refractivity contribution is -0.137. The number of hydrogen-bond acceptors (Lipinski definition) is 2. The fraction of sp³-hybridized carbons (Fsp3) is 0.938. The molecule has 112 valence electrons. The van der Waals surface area contributed by atoms with Crippen molar-refractivity contribution in [2.75, 3.05) is 19.6 Å². The van der Waals surface area contributed by atoms with Crippen molar-refractivity contribution in [3.05, 3.63) is 0 Å². The third-order valence-corrected chi connectivity index (χ3v) is 4.08. The van der Waals surface area contributed by atoms with Gasteiger partial charge in [0.1, 0.15) is 0 Å². The number of nitrogens with one attached hydrogen (secondary N) is 1. The lowest BCUT2D eigenvalue weighted by Crippen LogP contribution is -2.53. The Kier molecular flexibility index (Phi) is 6.31. The van der Waals surface area contributed by atoms with Crippen LogP contribution in [-0.4, -0.2) is 36.0 Å². The van der Waals surface area contributed by atoms with Crippen molar-refractivity contribution in [1.29, 1.82) is 0 Å². The van der Waals surface area contributed by atoms with Crippen molar-refractivity contribution in [3.8, 4) is 0 Å². The van der Waals surface area contributed by atoms with Gasteiger partial charge in [0.25, 0.3) is 0 Å². The highest BCUT2D eigenvalue weighted by Crippen LogP contribution is 2.22. The highest BCUT2D eigenvalue weighted by Gasteiger charge is 2.38. The van der Waals surface area contributed by atoms with E-state index in [9.17, 15) is 4.79 Å². The molecule has 0 bridgehead atoms. The third kappa shape index (κ3) is 5.13. The average Bonchev–Trinajstić information content (AvgIpc) is 2.76. The molecular formula is C16H32N2O. The standard InChI is InChI=1S/C16H32N2O/c1-13(2)7-11-18(12-8-14(3)4)15(19)16(5)9-6-10-17-16/h13-14,17H,6-12H2,1-5H3. The van der Waals surface area contributed by atoms with Crippen molar-refractivity contribution in [1.82, 2.24) is 10.2 Å². The first-order valence-corrected chi connectivity index (χ1v) is 7.89. The summed E-state index contributed by atoms with van der Waals surface area (Å²) in [5.41, 5.74) is -0.312. The van der Waals surface area contributed by atoms with Crippen molar-refractivity contribution >= 4 is 5.91 Å². The number of amides is 1. The van der Waals surface area contributed by atoms with Crippen LogP contribution >= 0.6 is 0 Å². The molecule has 1 fully saturated rings. The monoisotopic (exact) mass is 268 g/mol. The van der Waals surface area contributed by atoms with Crippen LogP contribution < -0.4 is 5.32 Å². The van der Waals surface area contributed by atoms with Gasteiger partial charge < -0.3 is 10.2 Å². The average molecular weight is 268 g/mol. The van der Waals surface area contributed by atoms with Gasteiger partial charge >= 0.3 is 0 Å². The zero-order valence-corrected chi connectivity index (χ0v) is 13.5. The Morgan fingerprint density at radius 2 is 1.68 bits per heavy atom. The minimum Gasteiger partial charge on any atom is -0.341 e. The zero-order valence-electron chi connectivity index (χ0n) is 13.5. The summed E-state index contributed by atoms with van der Waals surface area (Å²) in [6.45, 7) is 13.7. The molecule has 1 rings (SSSR count). The Hall–Kier alpha value is -0.570. The second-order valence-corrected chi connectivity index (χ2v) is 7.02. The summed E-state index contributed by atoms with van der Waals surface area (Å²) in [6.07, 6.45) is 4.29. The smallest absolute Gasteiger partial charge is 0.242 e. The highest BCUT2D eigenvalue weighted by molar-refractivity contribution is 5.86. The lowest BCUT2D eigenvalue weighted by Gasteiger charge is -2.33. The van der Waals surface area contributed by atoms with E-state index in [2.05, 4.69) is 44.8 Å². The molecule has 1 amide bonds. The first-order chi connectivity index (χ1) is 8.85. The number of rotatable bonds is 7. The van der Waals surface area contributed by atoms with Gasteiger partial charge in [-0.25, -0.2) is 0 Å². The lowest BCUT2D eigenvalue weighted by atomic mass is 9.97. The van der Waals surface area contributed by atoms with Gasteiger partial charge in [-0.05, 0) is 51.0 Å². The molecule has 3 heteroatoms. The summed E-state index contributed by atoms with van der Waals surface area (Å²) in [7, 11) is 0. The van der Waals surface area contributed by atoms with Gasteiger partial charge in [0.15, 0.2) is 0 Å². The van der Waals surface area contributed by atoms with Gasteiger partial charge in [-0.1, -0.05) is 27.7 Å². The van der Waals surface area contributed by atoms with Gasteiger partial charge in [-0.15, -0.1) is 0 Å². The molecule has 1 heterocycles. The van der Waals surface area contributed by atoms with E-state index < -0.39 is 0 Å². The van der Waals surface area contributed by atoms with Gasteiger partial charge in [0.05, 0.1) is 5.54 Å². The summed E-state index contributed by atoms with van der Waals surface area (Å²) < 4.78 is 0. The van der Waals surface area contributed by atoms with E-state index in [1.165, 1.54) is 0 Å². The van der Waals surface area contributed by atoms with Crippen molar-refractivity contribution < 1.29 is 4.79 Å². The first kappa shape index (κ1) is 16.5. The van der Waals surface area contributed by atoms with E-state index in [1.807, 2.05) is 0 Å². The third-order valence-electron chi connectivity index (χ3n) is 4.08. The van der Waals surface area contributed by atoms with Crippen LogP contribution in [0.15, 0.2) is 0 Å². The Bertz CT molecular complexity index is 268. The fourth-order valence-electron chi connectivity index (χ4n) is 2.57. The molecule has 0 aliphatic carbocycles. The van der Waals surface area contributed by atoms with E-state index in [4.69, 9.17) is 0 Å². The van der Waals surface area contributed by atoms with E-state index in [1.54, 1.807) is 0 Å². The molecule has 0 aromatic rings. The summed E-state index contributed by atoms with van der Waals surface area (Å²) in [5, 5.41) is 3.40. The highest BCUT2D eigenvalue weighted by atomic mass is 16.2. The quantitative estimate of drug-likeness (QED) is 0.769. The molecule has 1 aliphatic heterocycles. The molecule has 1 N–H and O–H groups in total. The molecule has 1 atom stereocenters. The maximum atomic E-state index is 12.8. The molecule has 0 radical (unpaired) electrons. The fourth-order valence-corrected chi connectivity index (χ4v) is 2.57. The number of carbonyl (C=O) groups excluding carboxylic acids is 1. The van der Waals surface area contributed by atoms with E-state index in [0.29, 0.717) is 17.7 Å². The van der Waals surface area contributed by atoms with Crippen LogP contribution in [-0.2, 0) is 4.79 Å². The second-order valence-electron chi connectivity index (χ2n) is 7.02. The van der Waals surface area contributed by atoms with Crippen LogP contribution in [0.5, 0.6) is 0 Å². The number of nitrogens with zero attached hydrogens (tertiary/aromatic N) is 1. The van der Waals surface area contributed by atoms with Crippen LogP contribution in [0.2, 0.25) is 0 Å². The van der Waals surface area contributed by atoms with E-state index in [-0.39, 0.29) is 5.54 Å². The zero-order chi connectivity index (χ0) is 14.5. The normalized spacial score (nSPS) is 23.3. The Morgan fingerprint density at radius 3 is 2.05 bits per heavy atom. The van der Waals surface area contributed by atoms with E-state index >= 15 is 0 Å². The first-order valence-electron chi connectivity index (χ1n) is 7.89. The molecule has 0 spiro atoms. The summed E-state index contributed by atoms with van der Waals surface area (Å²) >= 11 is 0. The van der Waals surface area contributed by atoms with Crippen LogP contribution in [0.4, 0.5) is 0 Å². The van der Waals surface area contributed by atoms with Crippen molar-refractivity contribution in [2.24, 2.45) is 11.8 Å². The van der Waals surface area contributed by atoms with Crippen LogP contribution in [0, 0.1) is 11.8 Å². The van der Waals surface area contributed by atoms with Gasteiger partial charge in [0.2, 0.25) is 5.91 Å². The summed E-state index contributed by atoms with van der Waals surface area (Å²) in [6, 6.07) is 0. The minimum atomic E-state index is -0.312. The number of hydrogen-bond donors (Lipinski definition) is 1. The maximum absolute atomic E-state index is 12.8. The summed E-state index contributed by atoms with van der Waals surface area (Å²) in [4.78, 5) is 14.9. The predicted molar refractivity (Wildman–Crippen MR) is 81.1 cm³/mol. The van der Waals surface area contributed by atoms with Crippen LogP contribution in [0.3, 0.4) is 0 Å². The van der Waals surface area contributed by atoms with Crippen LogP contribution in [0.1, 0.15) is 60.3 Å². The molecule has 0 aromatic carbocycles. The minimum absolute atomic E-state index is 0.311. The van der Waals surface area contributed by atoms with Gasteiger partial charge in [-0.3, -0.25) is 4.79 Å². The van der Waals surface area contributed by atoms with Crippen molar-refractivity contribution in [2.45, 2.75) is 65.8 Å². The Balaban J connectivity index is 2.62. The maximum Gasteiger partial charge on any atom is 0.242 e. The molecule has 0 aromatic heterocycles. The molecule has 0 saturated carbocycles. The molecule has 1 saturated heterocycles. The topological polar surface area (TPSA) is 32.3 Å². The van der Waals surface area contributed by atoms with Crippen molar-refractivity contribution in [3.63, 3.8) is 0 Å². The second kappa shape index (κ2) is 7.28. The summed E-state index contributed by atoms with van der Waals surface area (Å²) in [5.74, 6) is 1.61. The number of carbonyl (C=O) groups is 1.